The minimum absolute atomic E-state index is 0.179. The summed E-state index contributed by atoms with van der Waals surface area (Å²) in [4.78, 5) is 22.9. The van der Waals surface area contributed by atoms with Gasteiger partial charge in [0.05, 0.1) is 0 Å². The molecular formula is C12H13BrO2. The van der Waals surface area contributed by atoms with E-state index in [9.17, 15) is 9.59 Å². The van der Waals surface area contributed by atoms with Gasteiger partial charge in [0.2, 0.25) is 11.6 Å². The fourth-order valence-corrected chi connectivity index (χ4v) is 1.65. The molecule has 0 N–H and O–H groups in total. The first-order valence-corrected chi connectivity index (χ1v) is 5.62. The molecule has 0 atom stereocenters. The number of Topliss-reactive ketones (excluding diaryl/α,β-unsaturated/α-hetero) is 2. The lowest BCUT2D eigenvalue weighted by atomic mass is 10.00. The van der Waals surface area contributed by atoms with Gasteiger partial charge in [-0.25, -0.2) is 0 Å². The zero-order valence-electron chi connectivity index (χ0n) is 8.79. The maximum atomic E-state index is 11.5. The Bertz CT molecular complexity index is 383. The smallest absolute Gasteiger partial charge is 0.203 e. The number of benzene rings is 1. The van der Waals surface area contributed by atoms with Crippen LogP contribution in [0.5, 0.6) is 0 Å². The van der Waals surface area contributed by atoms with Gasteiger partial charge in [0.25, 0.3) is 0 Å². The molecule has 0 saturated carbocycles. The summed E-state index contributed by atoms with van der Waals surface area (Å²) in [6.07, 6.45) is 0.179. The third-order valence-corrected chi connectivity index (χ3v) is 2.88. The van der Waals surface area contributed by atoms with E-state index in [0.717, 1.165) is 10.0 Å². The van der Waals surface area contributed by atoms with E-state index in [0.29, 0.717) is 0 Å². The number of carbonyl (C=O) groups excluding carboxylic acids is 2. The summed E-state index contributed by atoms with van der Waals surface area (Å²) in [7, 11) is 0. The van der Waals surface area contributed by atoms with Crippen molar-refractivity contribution in [2.75, 3.05) is 0 Å². The van der Waals surface area contributed by atoms with E-state index in [2.05, 4.69) is 15.9 Å². The van der Waals surface area contributed by atoms with Gasteiger partial charge in [-0.05, 0) is 11.6 Å². The summed E-state index contributed by atoms with van der Waals surface area (Å²) < 4.78 is 0.870. The Morgan fingerprint density at radius 3 is 2.40 bits per heavy atom. The van der Waals surface area contributed by atoms with Gasteiger partial charge in [0.1, 0.15) is 0 Å². The Morgan fingerprint density at radius 1 is 1.27 bits per heavy atom. The van der Waals surface area contributed by atoms with Crippen LogP contribution in [0, 0.1) is 5.92 Å². The zero-order valence-corrected chi connectivity index (χ0v) is 10.4. The van der Waals surface area contributed by atoms with E-state index < -0.39 is 0 Å². The normalized spacial score (nSPS) is 10.4. The first-order valence-electron chi connectivity index (χ1n) is 4.83. The van der Waals surface area contributed by atoms with Crippen molar-refractivity contribution in [1.29, 1.82) is 0 Å². The fraction of sp³-hybridized carbons (Fsp3) is 0.333. The molecule has 0 radical (unpaired) electrons. The number of hydrogen-bond donors (Lipinski definition) is 0. The van der Waals surface area contributed by atoms with Crippen LogP contribution in [-0.2, 0) is 16.0 Å². The van der Waals surface area contributed by atoms with Crippen LogP contribution < -0.4 is 0 Å². The van der Waals surface area contributed by atoms with Crippen LogP contribution >= 0.6 is 15.9 Å². The van der Waals surface area contributed by atoms with Gasteiger partial charge < -0.3 is 0 Å². The molecule has 0 saturated heterocycles. The standard InChI is InChI=1S/C12H13BrO2/c1-8(2)12(15)11(14)7-9-5-3-4-6-10(9)13/h3-6,8H,7H2,1-2H3. The maximum absolute atomic E-state index is 11.5. The van der Waals surface area contributed by atoms with Gasteiger partial charge in [-0.15, -0.1) is 0 Å². The largest absolute Gasteiger partial charge is 0.291 e. The van der Waals surface area contributed by atoms with Crippen molar-refractivity contribution in [1.82, 2.24) is 0 Å². The first kappa shape index (κ1) is 12.1. The van der Waals surface area contributed by atoms with Gasteiger partial charge in [-0.3, -0.25) is 9.59 Å². The molecule has 0 bridgehead atoms. The van der Waals surface area contributed by atoms with E-state index in [1.54, 1.807) is 13.8 Å². The summed E-state index contributed by atoms with van der Waals surface area (Å²) in [6, 6.07) is 7.44. The first-order chi connectivity index (χ1) is 7.02. The van der Waals surface area contributed by atoms with Crippen molar-refractivity contribution in [3.05, 3.63) is 34.3 Å². The molecule has 15 heavy (non-hydrogen) atoms. The number of rotatable bonds is 4. The predicted octanol–water partition coefficient (Wildman–Crippen LogP) is 2.79. The van der Waals surface area contributed by atoms with Crippen LogP contribution in [0.3, 0.4) is 0 Å². The average molecular weight is 269 g/mol. The van der Waals surface area contributed by atoms with Gasteiger partial charge in [-0.2, -0.15) is 0 Å². The van der Waals surface area contributed by atoms with Crippen molar-refractivity contribution in [2.24, 2.45) is 5.92 Å². The lowest BCUT2D eigenvalue weighted by Gasteiger charge is -2.04. The molecule has 2 nitrogen and oxygen atoms in total. The van der Waals surface area contributed by atoms with Crippen LogP contribution in [0.15, 0.2) is 28.7 Å². The average Bonchev–Trinajstić information content (AvgIpc) is 2.20. The molecular weight excluding hydrogens is 256 g/mol. The van der Waals surface area contributed by atoms with E-state index in [1.165, 1.54) is 0 Å². The van der Waals surface area contributed by atoms with Crippen LogP contribution in [0.2, 0.25) is 0 Å². The highest BCUT2D eigenvalue weighted by Crippen LogP contribution is 2.17. The van der Waals surface area contributed by atoms with Crippen molar-refractivity contribution in [3.63, 3.8) is 0 Å². The Hall–Kier alpha value is -0.960. The highest BCUT2D eigenvalue weighted by Gasteiger charge is 2.18. The minimum atomic E-state index is -0.322. The number of ketones is 2. The van der Waals surface area contributed by atoms with E-state index in [4.69, 9.17) is 0 Å². The maximum Gasteiger partial charge on any atom is 0.203 e. The minimum Gasteiger partial charge on any atom is -0.291 e. The van der Waals surface area contributed by atoms with Crippen LogP contribution in [0.4, 0.5) is 0 Å². The molecule has 3 heteroatoms. The number of carbonyl (C=O) groups is 2. The van der Waals surface area contributed by atoms with Crippen molar-refractivity contribution in [2.45, 2.75) is 20.3 Å². The van der Waals surface area contributed by atoms with E-state index in [1.807, 2.05) is 24.3 Å². The summed E-state index contributed by atoms with van der Waals surface area (Å²) in [5.41, 5.74) is 0.858. The van der Waals surface area contributed by atoms with Crippen molar-refractivity contribution >= 4 is 27.5 Å². The van der Waals surface area contributed by atoms with Gasteiger partial charge in [0.15, 0.2) is 0 Å². The molecule has 1 aromatic rings. The molecule has 0 aliphatic heterocycles. The molecule has 0 unspecified atom stereocenters. The lowest BCUT2D eigenvalue weighted by molar-refractivity contribution is -0.138. The second-order valence-electron chi connectivity index (χ2n) is 3.71. The van der Waals surface area contributed by atoms with Crippen molar-refractivity contribution in [3.8, 4) is 0 Å². The zero-order chi connectivity index (χ0) is 11.4. The molecule has 1 rings (SSSR count). The molecule has 80 valence electrons. The Labute approximate surface area is 97.8 Å². The fourth-order valence-electron chi connectivity index (χ4n) is 1.22. The molecule has 0 fully saturated rings. The van der Waals surface area contributed by atoms with E-state index in [-0.39, 0.29) is 23.9 Å². The third kappa shape index (κ3) is 3.27. The second-order valence-corrected chi connectivity index (χ2v) is 4.56. The highest BCUT2D eigenvalue weighted by atomic mass is 79.9. The third-order valence-electron chi connectivity index (χ3n) is 2.11. The topological polar surface area (TPSA) is 34.1 Å². The van der Waals surface area contributed by atoms with Crippen molar-refractivity contribution < 1.29 is 9.59 Å². The summed E-state index contributed by atoms with van der Waals surface area (Å²) in [5.74, 6) is -0.845. The van der Waals surface area contributed by atoms with Crippen LogP contribution in [0.1, 0.15) is 19.4 Å². The molecule has 0 aromatic heterocycles. The quantitative estimate of drug-likeness (QED) is 0.787. The molecule has 0 spiro atoms. The highest BCUT2D eigenvalue weighted by molar-refractivity contribution is 9.10. The second kappa shape index (κ2) is 5.21. The van der Waals surface area contributed by atoms with Crippen LogP contribution in [-0.4, -0.2) is 11.6 Å². The summed E-state index contributed by atoms with van der Waals surface area (Å²) >= 11 is 3.35. The molecule has 0 aliphatic carbocycles. The number of halogens is 1. The molecule has 0 aliphatic rings. The number of hydrogen-bond acceptors (Lipinski definition) is 2. The van der Waals surface area contributed by atoms with Gasteiger partial charge in [0, 0.05) is 16.8 Å². The molecule has 0 heterocycles. The lowest BCUT2D eigenvalue weighted by Crippen LogP contribution is -2.21. The summed E-state index contributed by atoms with van der Waals surface area (Å²) in [5, 5.41) is 0. The van der Waals surface area contributed by atoms with Gasteiger partial charge in [-0.1, -0.05) is 48.0 Å². The predicted molar refractivity (Wildman–Crippen MR) is 62.7 cm³/mol. The summed E-state index contributed by atoms with van der Waals surface area (Å²) in [6.45, 7) is 3.47. The Morgan fingerprint density at radius 2 is 1.87 bits per heavy atom. The Balaban J connectivity index is 2.75. The van der Waals surface area contributed by atoms with Gasteiger partial charge >= 0.3 is 0 Å². The monoisotopic (exact) mass is 268 g/mol. The SMILES string of the molecule is CC(C)C(=O)C(=O)Cc1ccccc1Br. The molecule has 0 amide bonds. The van der Waals surface area contributed by atoms with Crippen LogP contribution in [0.25, 0.3) is 0 Å². The Kier molecular flexibility index (Phi) is 4.21. The van der Waals surface area contributed by atoms with E-state index >= 15 is 0 Å². The molecule has 1 aromatic carbocycles.